The molecule has 0 bridgehead atoms. The molecule has 2 rings (SSSR count). The second-order valence-electron chi connectivity index (χ2n) is 6.45. The Morgan fingerprint density at radius 2 is 1.67 bits per heavy atom. The van der Waals surface area contributed by atoms with Crippen LogP contribution in [-0.2, 0) is 6.61 Å². The number of anilines is 1. The molecule has 1 aromatic carbocycles. The molecule has 0 atom stereocenters. The zero-order chi connectivity index (χ0) is 13.2. The standard InChI is InChI=1S/C16H25NO/c1-16(2,3)14-8-10-17(11-9-14)15-6-4-13(12-18)5-7-15/h4-7,14,18H,8-12H2,1-3H3. The molecule has 18 heavy (non-hydrogen) atoms. The molecule has 0 aliphatic carbocycles. The maximum atomic E-state index is 9.05. The average Bonchev–Trinajstić information content (AvgIpc) is 2.38. The van der Waals surface area contributed by atoms with E-state index in [0.717, 1.165) is 24.6 Å². The maximum Gasteiger partial charge on any atom is 0.0681 e. The van der Waals surface area contributed by atoms with Crippen LogP contribution in [0.1, 0.15) is 39.2 Å². The van der Waals surface area contributed by atoms with E-state index in [1.807, 2.05) is 12.1 Å². The minimum Gasteiger partial charge on any atom is -0.392 e. The van der Waals surface area contributed by atoms with Crippen molar-refractivity contribution in [1.29, 1.82) is 0 Å². The highest BCUT2D eigenvalue weighted by Crippen LogP contribution is 2.35. The topological polar surface area (TPSA) is 23.5 Å². The summed E-state index contributed by atoms with van der Waals surface area (Å²) in [6, 6.07) is 8.29. The Morgan fingerprint density at radius 1 is 1.11 bits per heavy atom. The molecule has 0 aromatic heterocycles. The van der Waals surface area contributed by atoms with Crippen molar-refractivity contribution in [3.63, 3.8) is 0 Å². The lowest BCUT2D eigenvalue weighted by Crippen LogP contribution is -2.37. The second-order valence-corrected chi connectivity index (χ2v) is 6.45. The first-order valence-corrected chi connectivity index (χ1v) is 6.95. The van der Waals surface area contributed by atoms with Gasteiger partial charge in [-0.3, -0.25) is 0 Å². The molecular formula is C16H25NO. The predicted octanol–water partition coefficient (Wildman–Crippen LogP) is 3.44. The van der Waals surface area contributed by atoms with Crippen LogP contribution in [0.3, 0.4) is 0 Å². The molecular weight excluding hydrogens is 222 g/mol. The van der Waals surface area contributed by atoms with E-state index in [1.54, 1.807) is 0 Å². The van der Waals surface area contributed by atoms with Gasteiger partial charge in [-0.15, -0.1) is 0 Å². The third-order valence-electron chi connectivity index (χ3n) is 4.20. The van der Waals surface area contributed by atoms with E-state index in [0.29, 0.717) is 5.41 Å². The fourth-order valence-electron chi connectivity index (χ4n) is 2.82. The fourth-order valence-corrected chi connectivity index (χ4v) is 2.82. The third-order valence-corrected chi connectivity index (χ3v) is 4.20. The number of hydrogen-bond donors (Lipinski definition) is 1. The quantitative estimate of drug-likeness (QED) is 0.865. The van der Waals surface area contributed by atoms with Crippen molar-refractivity contribution in [3.8, 4) is 0 Å². The summed E-state index contributed by atoms with van der Waals surface area (Å²) in [5, 5.41) is 9.05. The van der Waals surface area contributed by atoms with Crippen molar-refractivity contribution < 1.29 is 5.11 Å². The van der Waals surface area contributed by atoms with Crippen LogP contribution in [0.5, 0.6) is 0 Å². The van der Waals surface area contributed by atoms with Gasteiger partial charge in [-0.25, -0.2) is 0 Å². The molecule has 0 amide bonds. The first kappa shape index (κ1) is 13.4. The van der Waals surface area contributed by atoms with Crippen molar-refractivity contribution in [2.45, 2.75) is 40.2 Å². The molecule has 0 saturated carbocycles. The molecule has 0 unspecified atom stereocenters. The molecule has 1 saturated heterocycles. The van der Waals surface area contributed by atoms with Crippen LogP contribution < -0.4 is 4.90 Å². The summed E-state index contributed by atoms with van der Waals surface area (Å²) in [7, 11) is 0. The van der Waals surface area contributed by atoms with Crippen LogP contribution in [0.15, 0.2) is 24.3 Å². The minimum absolute atomic E-state index is 0.131. The van der Waals surface area contributed by atoms with Gasteiger partial charge in [-0.05, 0) is 41.9 Å². The SMILES string of the molecule is CC(C)(C)C1CCN(c2ccc(CO)cc2)CC1. The van der Waals surface area contributed by atoms with Crippen LogP contribution in [0.4, 0.5) is 5.69 Å². The Balaban J connectivity index is 1.96. The Kier molecular flexibility index (Phi) is 3.96. The molecule has 100 valence electrons. The van der Waals surface area contributed by atoms with E-state index in [2.05, 4.69) is 37.8 Å². The van der Waals surface area contributed by atoms with E-state index in [-0.39, 0.29) is 6.61 Å². The second kappa shape index (κ2) is 5.31. The summed E-state index contributed by atoms with van der Waals surface area (Å²) in [5.74, 6) is 0.838. The molecule has 2 nitrogen and oxygen atoms in total. The van der Waals surface area contributed by atoms with Gasteiger partial charge < -0.3 is 10.0 Å². The molecule has 1 aliphatic heterocycles. The smallest absolute Gasteiger partial charge is 0.0681 e. The van der Waals surface area contributed by atoms with Crippen LogP contribution in [0, 0.1) is 11.3 Å². The predicted molar refractivity (Wildman–Crippen MR) is 76.8 cm³/mol. The Morgan fingerprint density at radius 3 is 2.11 bits per heavy atom. The van der Waals surface area contributed by atoms with Gasteiger partial charge in [0.15, 0.2) is 0 Å². The Bertz CT molecular complexity index is 369. The van der Waals surface area contributed by atoms with Crippen molar-refractivity contribution in [3.05, 3.63) is 29.8 Å². The van der Waals surface area contributed by atoms with Crippen molar-refractivity contribution >= 4 is 5.69 Å². The molecule has 0 spiro atoms. The monoisotopic (exact) mass is 247 g/mol. The summed E-state index contributed by atoms with van der Waals surface area (Å²) in [4.78, 5) is 2.46. The number of nitrogens with zero attached hydrogens (tertiary/aromatic N) is 1. The highest BCUT2D eigenvalue weighted by atomic mass is 16.3. The summed E-state index contributed by atoms with van der Waals surface area (Å²) >= 11 is 0. The Hall–Kier alpha value is -1.02. The molecule has 1 N–H and O–H groups in total. The van der Waals surface area contributed by atoms with Gasteiger partial charge in [-0.2, -0.15) is 0 Å². The normalized spacial score (nSPS) is 18.1. The van der Waals surface area contributed by atoms with Crippen molar-refractivity contribution in [2.24, 2.45) is 11.3 Å². The third kappa shape index (κ3) is 3.05. The van der Waals surface area contributed by atoms with Gasteiger partial charge in [0.05, 0.1) is 6.61 Å². The highest BCUT2D eigenvalue weighted by Gasteiger charge is 2.28. The summed E-state index contributed by atoms with van der Waals surface area (Å²) in [5.41, 5.74) is 2.72. The number of rotatable bonds is 2. The van der Waals surface area contributed by atoms with Crippen LogP contribution in [-0.4, -0.2) is 18.2 Å². The van der Waals surface area contributed by atoms with Crippen molar-refractivity contribution in [1.82, 2.24) is 0 Å². The van der Waals surface area contributed by atoms with E-state index >= 15 is 0 Å². The van der Waals surface area contributed by atoms with Gasteiger partial charge in [0.1, 0.15) is 0 Å². The lowest BCUT2D eigenvalue weighted by molar-refractivity contribution is 0.199. The van der Waals surface area contributed by atoms with E-state index in [9.17, 15) is 0 Å². The largest absolute Gasteiger partial charge is 0.392 e. The highest BCUT2D eigenvalue weighted by molar-refractivity contribution is 5.47. The minimum atomic E-state index is 0.131. The lowest BCUT2D eigenvalue weighted by Gasteiger charge is -2.39. The van der Waals surface area contributed by atoms with Crippen LogP contribution in [0.25, 0.3) is 0 Å². The number of aliphatic hydroxyl groups excluding tert-OH is 1. The van der Waals surface area contributed by atoms with E-state index in [4.69, 9.17) is 5.11 Å². The number of aliphatic hydroxyl groups is 1. The van der Waals surface area contributed by atoms with Gasteiger partial charge in [0, 0.05) is 18.8 Å². The fraction of sp³-hybridized carbons (Fsp3) is 0.625. The molecule has 1 fully saturated rings. The molecule has 0 radical (unpaired) electrons. The average molecular weight is 247 g/mol. The van der Waals surface area contributed by atoms with Crippen molar-refractivity contribution in [2.75, 3.05) is 18.0 Å². The van der Waals surface area contributed by atoms with E-state index < -0.39 is 0 Å². The van der Waals surface area contributed by atoms with E-state index in [1.165, 1.54) is 18.5 Å². The van der Waals surface area contributed by atoms with Gasteiger partial charge in [0.2, 0.25) is 0 Å². The summed E-state index contributed by atoms with van der Waals surface area (Å²) in [6.07, 6.45) is 2.57. The zero-order valence-electron chi connectivity index (χ0n) is 11.8. The Labute approximate surface area is 111 Å². The lowest BCUT2D eigenvalue weighted by atomic mass is 9.75. The number of hydrogen-bond acceptors (Lipinski definition) is 2. The zero-order valence-corrected chi connectivity index (χ0v) is 11.8. The van der Waals surface area contributed by atoms with Crippen LogP contribution in [0.2, 0.25) is 0 Å². The molecule has 1 aromatic rings. The van der Waals surface area contributed by atoms with Gasteiger partial charge in [-0.1, -0.05) is 32.9 Å². The van der Waals surface area contributed by atoms with Gasteiger partial charge in [0.25, 0.3) is 0 Å². The van der Waals surface area contributed by atoms with Gasteiger partial charge >= 0.3 is 0 Å². The summed E-state index contributed by atoms with van der Waals surface area (Å²) in [6.45, 7) is 9.49. The number of piperidine rings is 1. The molecule has 2 heteroatoms. The summed E-state index contributed by atoms with van der Waals surface area (Å²) < 4.78 is 0. The first-order valence-electron chi connectivity index (χ1n) is 6.95. The number of benzene rings is 1. The molecule has 1 aliphatic rings. The molecule has 1 heterocycles. The van der Waals surface area contributed by atoms with Crippen LogP contribution >= 0.6 is 0 Å². The first-order chi connectivity index (χ1) is 8.50. The maximum absolute atomic E-state index is 9.05.